The Morgan fingerprint density at radius 1 is 1.08 bits per heavy atom. The zero-order valence-electron chi connectivity index (χ0n) is 13.8. The number of rotatable bonds is 5. The number of ether oxygens (including phenoxy) is 2. The molecule has 0 atom stereocenters. The molecule has 0 saturated carbocycles. The molecule has 2 heterocycles. The monoisotopic (exact) mass is 392 g/mol. The molecule has 0 fully saturated rings. The molecule has 0 spiro atoms. The average Bonchev–Trinajstić information content (AvgIpc) is 3.03. The topological polar surface area (TPSA) is 80.4 Å². The molecule has 2 N–H and O–H groups in total. The van der Waals surface area contributed by atoms with Crippen LogP contribution >= 0.6 is 11.6 Å². The Morgan fingerprint density at radius 2 is 1.88 bits per heavy atom. The highest BCUT2D eigenvalue weighted by Crippen LogP contribution is 2.32. The fraction of sp³-hybridized carbons (Fsp3) is 0.222. The molecule has 2 aromatic carbocycles. The predicted molar refractivity (Wildman–Crippen MR) is 99.6 cm³/mol. The first-order valence-electron chi connectivity index (χ1n) is 8.18. The van der Waals surface area contributed by atoms with Crippen LogP contribution in [0.2, 0.25) is 5.02 Å². The maximum atomic E-state index is 12.5. The molecule has 0 bridgehead atoms. The molecule has 0 amide bonds. The molecule has 1 aliphatic rings. The number of hydrogen-bond acceptors (Lipinski definition) is 4. The number of halogens is 1. The van der Waals surface area contributed by atoms with Gasteiger partial charge in [0.25, 0.3) is 0 Å². The van der Waals surface area contributed by atoms with E-state index in [0.717, 1.165) is 16.5 Å². The van der Waals surface area contributed by atoms with Crippen LogP contribution in [0.15, 0.2) is 47.5 Å². The first-order valence-corrected chi connectivity index (χ1v) is 10.0. The van der Waals surface area contributed by atoms with E-state index in [2.05, 4.69) is 9.71 Å². The Morgan fingerprint density at radius 3 is 2.73 bits per heavy atom. The Kier molecular flexibility index (Phi) is 4.52. The largest absolute Gasteiger partial charge is 0.486 e. The molecule has 136 valence electrons. The lowest BCUT2D eigenvalue weighted by Gasteiger charge is -2.18. The van der Waals surface area contributed by atoms with Gasteiger partial charge in [0.05, 0.1) is 4.90 Å². The van der Waals surface area contributed by atoms with Gasteiger partial charge in [-0.3, -0.25) is 0 Å². The maximum Gasteiger partial charge on any atom is 0.240 e. The summed E-state index contributed by atoms with van der Waals surface area (Å²) in [6.07, 6.45) is 2.44. The van der Waals surface area contributed by atoms with Crippen LogP contribution in [0.3, 0.4) is 0 Å². The quantitative estimate of drug-likeness (QED) is 0.699. The minimum absolute atomic E-state index is 0.160. The fourth-order valence-electron chi connectivity index (χ4n) is 2.96. The van der Waals surface area contributed by atoms with E-state index in [0.29, 0.717) is 36.2 Å². The highest BCUT2D eigenvalue weighted by atomic mass is 35.5. The van der Waals surface area contributed by atoms with Crippen LogP contribution in [0, 0.1) is 0 Å². The van der Waals surface area contributed by atoms with Crippen molar-refractivity contribution in [2.75, 3.05) is 19.8 Å². The van der Waals surface area contributed by atoms with Gasteiger partial charge >= 0.3 is 0 Å². The van der Waals surface area contributed by atoms with Crippen LogP contribution in [0.5, 0.6) is 11.5 Å². The Balaban J connectivity index is 1.46. The first-order chi connectivity index (χ1) is 12.5. The minimum atomic E-state index is -3.62. The number of benzene rings is 2. The van der Waals surface area contributed by atoms with Gasteiger partial charge in [-0.15, -0.1) is 0 Å². The SMILES string of the molecule is O=S(=O)(NCCc1c[nH]c2cc(Cl)ccc12)c1ccc2c(c1)OCCO2. The van der Waals surface area contributed by atoms with Crippen molar-refractivity contribution in [3.05, 3.63) is 53.2 Å². The summed E-state index contributed by atoms with van der Waals surface area (Å²) in [5.41, 5.74) is 1.96. The molecular formula is C18H17ClN2O4S. The van der Waals surface area contributed by atoms with Crippen molar-refractivity contribution in [1.82, 2.24) is 9.71 Å². The van der Waals surface area contributed by atoms with Crippen LogP contribution in [-0.2, 0) is 16.4 Å². The third kappa shape index (κ3) is 3.38. The number of hydrogen-bond donors (Lipinski definition) is 2. The van der Waals surface area contributed by atoms with E-state index in [-0.39, 0.29) is 11.4 Å². The fourth-order valence-corrected chi connectivity index (χ4v) is 4.18. The van der Waals surface area contributed by atoms with E-state index in [1.165, 1.54) is 12.1 Å². The first kappa shape index (κ1) is 17.2. The summed E-state index contributed by atoms with van der Waals surface area (Å²) in [4.78, 5) is 3.31. The lowest BCUT2D eigenvalue weighted by atomic mass is 10.1. The summed E-state index contributed by atoms with van der Waals surface area (Å²) in [5.74, 6) is 1.01. The van der Waals surface area contributed by atoms with Crippen molar-refractivity contribution in [2.24, 2.45) is 0 Å². The van der Waals surface area contributed by atoms with Crippen molar-refractivity contribution in [1.29, 1.82) is 0 Å². The van der Waals surface area contributed by atoms with Gasteiger partial charge < -0.3 is 14.5 Å². The van der Waals surface area contributed by atoms with E-state index in [9.17, 15) is 8.42 Å². The van der Waals surface area contributed by atoms with E-state index >= 15 is 0 Å². The maximum absolute atomic E-state index is 12.5. The van der Waals surface area contributed by atoms with Crippen LogP contribution in [-0.4, -0.2) is 33.2 Å². The van der Waals surface area contributed by atoms with Gasteiger partial charge in [0.15, 0.2) is 11.5 Å². The van der Waals surface area contributed by atoms with Crippen molar-refractivity contribution >= 4 is 32.5 Å². The second-order valence-corrected chi connectivity index (χ2v) is 8.16. The second-order valence-electron chi connectivity index (χ2n) is 5.96. The van der Waals surface area contributed by atoms with Gasteiger partial charge in [-0.05, 0) is 36.2 Å². The van der Waals surface area contributed by atoms with E-state index in [4.69, 9.17) is 21.1 Å². The van der Waals surface area contributed by atoms with E-state index in [1.807, 2.05) is 24.4 Å². The molecule has 26 heavy (non-hydrogen) atoms. The smallest absolute Gasteiger partial charge is 0.240 e. The highest BCUT2D eigenvalue weighted by molar-refractivity contribution is 7.89. The van der Waals surface area contributed by atoms with Crippen molar-refractivity contribution in [3.63, 3.8) is 0 Å². The van der Waals surface area contributed by atoms with Gasteiger partial charge in [0.2, 0.25) is 10.0 Å². The summed E-state index contributed by atoms with van der Waals surface area (Å²) in [5, 5.41) is 1.69. The molecule has 0 radical (unpaired) electrons. The molecule has 0 unspecified atom stereocenters. The summed E-state index contributed by atoms with van der Waals surface area (Å²) >= 11 is 5.98. The summed E-state index contributed by atoms with van der Waals surface area (Å²) in [7, 11) is -3.62. The third-order valence-electron chi connectivity index (χ3n) is 4.24. The number of nitrogens with one attached hydrogen (secondary N) is 2. The number of sulfonamides is 1. The Bertz CT molecular complexity index is 1060. The van der Waals surface area contributed by atoms with Crippen LogP contribution in [0.4, 0.5) is 0 Å². The molecule has 6 nitrogen and oxygen atoms in total. The van der Waals surface area contributed by atoms with Crippen LogP contribution in [0.25, 0.3) is 10.9 Å². The van der Waals surface area contributed by atoms with Gasteiger partial charge in [-0.25, -0.2) is 13.1 Å². The van der Waals surface area contributed by atoms with Gasteiger partial charge in [0.1, 0.15) is 13.2 Å². The van der Waals surface area contributed by atoms with Crippen molar-refractivity contribution < 1.29 is 17.9 Å². The molecular weight excluding hydrogens is 376 g/mol. The Labute approximate surface area is 156 Å². The molecule has 1 aliphatic heterocycles. The lowest BCUT2D eigenvalue weighted by molar-refractivity contribution is 0.171. The molecule has 3 aromatic rings. The van der Waals surface area contributed by atoms with Gasteiger partial charge in [-0.1, -0.05) is 17.7 Å². The number of aromatic amines is 1. The lowest BCUT2D eigenvalue weighted by Crippen LogP contribution is -2.26. The van der Waals surface area contributed by atoms with Crippen LogP contribution < -0.4 is 14.2 Å². The van der Waals surface area contributed by atoms with Gasteiger partial charge in [0, 0.05) is 34.7 Å². The highest BCUT2D eigenvalue weighted by Gasteiger charge is 2.19. The molecule has 4 rings (SSSR count). The van der Waals surface area contributed by atoms with E-state index < -0.39 is 10.0 Å². The van der Waals surface area contributed by atoms with Crippen molar-refractivity contribution in [3.8, 4) is 11.5 Å². The third-order valence-corrected chi connectivity index (χ3v) is 5.93. The second kappa shape index (κ2) is 6.83. The zero-order valence-corrected chi connectivity index (χ0v) is 15.4. The number of aromatic nitrogens is 1. The van der Waals surface area contributed by atoms with Crippen LogP contribution in [0.1, 0.15) is 5.56 Å². The summed E-state index contributed by atoms with van der Waals surface area (Å²) in [6.45, 7) is 1.16. The number of H-pyrrole nitrogens is 1. The van der Waals surface area contributed by atoms with E-state index in [1.54, 1.807) is 6.07 Å². The molecule has 1 aromatic heterocycles. The summed E-state index contributed by atoms with van der Waals surface area (Å²) in [6, 6.07) is 10.2. The molecule has 8 heteroatoms. The van der Waals surface area contributed by atoms with Crippen molar-refractivity contribution in [2.45, 2.75) is 11.3 Å². The molecule has 0 saturated heterocycles. The average molecular weight is 393 g/mol. The summed E-state index contributed by atoms with van der Waals surface area (Å²) < 4.78 is 38.5. The normalized spacial score (nSPS) is 13.9. The predicted octanol–water partition coefficient (Wildman–Crippen LogP) is 3.11. The Hall–Kier alpha value is -2.22. The zero-order chi connectivity index (χ0) is 18.1. The van der Waals surface area contributed by atoms with Gasteiger partial charge in [-0.2, -0.15) is 0 Å². The standard InChI is InChI=1S/C18H17ClN2O4S/c19-13-1-3-15-12(11-20-16(15)9-13)5-6-21-26(22,23)14-2-4-17-18(10-14)25-8-7-24-17/h1-4,9-11,20-21H,5-8H2. The minimum Gasteiger partial charge on any atom is -0.486 e. The molecule has 0 aliphatic carbocycles. The number of fused-ring (bicyclic) bond motifs is 2.